The number of alkyl halides is 3. The van der Waals surface area contributed by atoms with E-state index in [-0.39, 0.29) is 24.0 Å². The van der Waals surface area contributed by atoms with E-state index < -0.39 is 23.7 Å². The molecule has 0 bridgehead atoms. The van der Waals surface area contributed by atoms with Crippen LogP contribution in [0.5, 0.6) is 5.88 Å². The monoisotopic (exact) mass is 481 g/mol. The maximum Gasteiger partial charge on any atom is 0.421 e. The maximum absolute atomic E-state index is 13.8. The van der Waals surface area contributed by atoms with E-state index in [1.165, 1.54) is 22.2 Å². The van der Waals surface area contributed by atoms with Crippen LogP contribution in [0.25, 0.3) is 11.3 Å². The molecule has 0 atom stereocenters. The maximum atomic E-state index is 13.8. The zero-order valence-electron chi connectivity index (χ0n) is 19.5. The summed E-state index contributed by atoms with van der Waals surface area (Å²) in [7, 11) is 3.27. The highest BCUT2D eigenvalue weighted by molar-refractivity contribution is 5.68. The highest BCUT2D eigenvalue weighted by Crippen LogP contribution is 2.39. The molecule has 34 heavy (non-hydrogen) atoms. The lowest BCUT2D eigenvalue weighted by Gasteiger charge is -2.29. The highest BCUT2D eigenvalue weighted by Gasteiger charge is 2.37. The summed E-state index contributed by atoms with van der Waals surface area (Å²) in [4.78, 5) is 17.9. The zero-order valence-corrected chi connectivity index (χ0v) is 19.5. The molecule has 2 saturated carbocycles. The van der Waals surface area contributed by atoms with Gasteiger partial charge in [0.1, 0.15) is 29.7 Å². The minimum absolute atomic E-state index is 0.130. The first-order chi connectivity index (χ1) is 16.2. The molecule has 0 unspecified atom stereocenters. The normalized spacial score (nSPS) is 17.3. The predicted octanol–water partition coefficient (Wildman–Crippen LogP) is 4.98. The molecule has 0 spiro atoms. The number of carbonyl (C=O) groups is 1. The van der Waals surface area contributed by atoms with Crippen LogP contribution in [0, 0.1) is 5.92 Å². The van der Waals surface area contributed by atoms with E-state index in [4.69, 9.17) is 9.47 Å². The molecule has 11 heteroatoms. The number of halogens is 3. The molecule has 4 rings (SSSR count). The number of ether oxygens (including phenoxy) is 2. The minimum atomic E-state index is -4.65. The van der Waals surface area contributed by atoms with Crippen molar-refractivity contribution in [3.8, 4) is 17.1 Å². The third kappa shape index (κ3) is 5.61. The Balaban J connectivity index is 1.51. The molecule has 2 fully saturated rings. The third-order valence-electron chi connectivity index (χ3n) is 6.60. The summed E-state index contributed by atoms with van der Waals surface area (Å²) in [5.74, 6) is 0.0744. The minimum Gasteiger partial charge on any atom is -0.474 e. The summed E-state index contributed by atoms with van der Waals surface area (Å²) in [5, 5.41) is 7.92. The summed E-state index contributed by atoms with van der Waals surface area (Å²) in [5.41, 5.74) is -0.268. The number of rotatable bonds is 7. The van der Waals surface area contributed by atoms with Gasteiger partial charge in [-0.05, 0) is 50.5 Å². The van der Waals surface area contributed by atoms with Gasteiger partial charge in [0.2, 0.25) is 5.88 Å². The molecular weight excluding hydrogens is 451 g/mol. The van der Waals surface area contributed by atoms with Gasteiger partial charge >= 0.3 is 12.3 Å². The first kappa shape index (κ1) is 24.3. The molecule has 2 aliphatic rings. The molecule has 8 nitrogen and oxygen atoms in total. The van der Waals surface area contributed by atoms with E-state index in [9.17, 15) is 18.0 Å². The van der Waals surface area contributed by atoms with Gasteiger partial charge in [0.25, 0.3) is 0 Å². The average Bonchev–Trinajstić information content (AvgIpc) is 3.15. The van der Waals surface area contributed by atoms with Crippen LogP contribution in [0.3, 0.4) is 0 Å². The van der Waals surface area contributed by atoms with Crippen LogP contribution in [0.2, 0.25) is 0 Å². The quantitative estimate of drug-likeness (QED) is 0.555. The molecule has 0 aromatic carbocycles. The van der Waals surface area contributed by atoms with Crippen LogP contribution in [0.15, 0.2) is 12.3 Å². The number of amides is 1. The number of nitrogens with zero attached hydrogens (tertiary/aromatic N) is 5. The summed E-state index contributed by atoms with van der Waals surface area (Å²) in [6.45, 7) is 0.449. The first-order valence-electron chi connectivity index (χ1n) is 11.7. The first-order valence-corrected chi connectivity index (χ1v) is 11.7. The van der Waals surface area contributed by atoms with Crippen molar-refractivity contribution in [2.24, 2.45) is 13.0 Å². The van der Waals surface area contributed by atoms with Gasteiger partial charge in [0, 0.05) is 32.4 Å². The number of pyridine rings is 1. The number of hydrogen-bond acceptors (Lipinski definition) is 6. The van der Waals surface area contributed by atoms with E-state index >= 15 is 0 Å². The van der Waals surface area contributed by atoms with Gasteiger partial charge in [-0.25, -0.2) is 14.5 Å². The molecule has 0 radical (unpaired) electrons. The van der Waals surface area contributed by atoms with Crippen molar-refractivity contribution in [2.75, 3.05) is 13.6 Å². The lowest BCUT2D eigenvalue weighted by atomic mass is 9.85. The lowest BCUT2D eigenvalue weighted by Crippen LogP contribution is -2.34. The predicted molar refractivity (Wildman–Crippen MR) is 117 cm³/mol. The average molecular weight is 482 g/mol. The van der Waals surface area contributed by atoms with Gasteiger partial charge in [-0.3, -0.25) is 0 Å². The van der Waals surface area contributed by atoms with Crippen LogP contribution in [0.1, 0.15) is 62.6 Å². The largest absolute Gasteiger partial charge is 0.474 e. The molecule has 0 aliphatic heterocycles. The summed E-state index contributed by atoms with van der Waals surface area (Å²) in [6.07, 6.45) is 3.63. The van der Waals surface area contributed by atoms with Gasteiger partial charge in [0.05, 0.1) is 0 Å². The molecule has 2 aliphatic carbocycles. The molecule has 1 amide bonds. The van der Waals surface area contributed by atoms with Crippen molar-refractivity contribution in [2.45, 2.75) is 70.3 Å². The van der Waals surface area contributed by atoms with Gasteiger partial charge in [0.15, 0.2) is 0 Å². The second-order valence-corrected chi connectivity index (χ2v) is 9.19. The van der Waals surface area contributed by atoms with E-state index in [1.807, 2.05) is 0 Å². The van der Waals surface area contributed by atoms with Crippen molar-refractivity contribution >= 4 is 6.09 Å². The van der Waals surface area contributed by atoms with Crippen molar-refractivity contribution < 1.29 is 27.4 Å². The van der Waals surface area contributed by atoms with Crippen molar-refractivity contribution in [3.05, 3.63) is 23.5 Å². The van der Waals surface area contributed by atoms with Crippen LogP contribution in [-0.4, -0.2) is 50.7 Å². The van der Waals surface area contributed by atoms with E-state index in [1.54, 1.807) is 14.1 Å². The second kappa shape index (κ2) is 10.2. The fraction of sp³-hybridized carbons (Fsp3) is 0.652. The zero-order chi connectivity index (χ0) is 24.3. The molecule has 186 valence electrons. The van der Waals surface area contributed by atoms with Crippen molar-refractivity contribution in [1.82, 2.24) is 24.9 Å². The highest BCUT2D eigenvalue weighted by atomic mass is 19.4. The Kier molecular flexibility index (Phi) is 7.27. The Morgan fingerprint density at radius 1 is 1.18 bits per heavy atom. The van der Waals surface area contributed by atoms with E-state index in [2.05, 4.69) is 15.3 Å². The second-order valence-electron chi connectivity index (χ2n) is 9.19. The number of hydrogen-bond donors (Lipinski definition) is 0. The van der Waals surface area contributed by atoms with E-state index in [0.29, 0.717) is 18.2 Å². The molecule has 2 aromatic heterocycles. The molecule has 2 heterocycles. The van der Waals surface area contributed by atoms with Crippen molar-refractivity contribution in [3.63, 3.8) is 0 Å². The topological polar surface area (TPSA) is 82.4 Å². The van der Waals surface area contributed by atoms with Crippen molar-refractivity contribution in [1.29, 1.82) is 0 Å². The number of aromatic nitrogens is 4. The van der Waals surface area contributed by atoms with Gasteiger partial charge < -0.3 is 14.4 Å². The summed E-state index contributed by atoms with van der Waals surface area (Å²) >= 11 is 0. The van der Waals surface area contributed by atoms with Crippen LogP contribution < -0.4 is 4.74 Å². The fourth-order valence-corrected chi connectivity index (χ4v) is 4.36. The Bertz CT molecular complexity index is 1000. The third-order valence-corrected chi connectivity index (χ3v) is 6.60. The Morgan fingerprint density at radius 2 is 1.91 bits per heavy atom. The Morgan fingerprint density at radius 3 is 2.56 bits per heavy atom. The Labute approximate surface area is 196 Å². The molecular formula is C23H30F3N5O3. The van der Waals surface area contributed by atoms with Gasteiger partial charge in [-0.2, -0.15) is 13.2 Å². The molecule has 0 saturated heterocycles. The SMILES string of the molecule is CN(CC1CCC1)C(=O)OCc1c(-c2cnc(OC3CCCCC3)c(C(F)(F)F)c2)nnn1C. The van der Waals surface area contributed by atoms with Crippen LogP contribution in [0.4, 0.5) is 18.0 Å². The molecule has 0 N–H and O–H groups in total. The fourth-order valence-electron chi connectivity index (χ4n) is 4.36. The smallest absolute Gasteiger partial charge is 0.421 e. The lowest BCUT2D eigenvalue weighted by molar-refractivity contribution is -0.139. The standard InChI is InChI=1S/C23H30F3N5O3/c1-30(13-15-7-6-8-15)22(32)33-14-19-20(28-29-31(19)2)16-11-18(23(24,25)26)21(27-12-16)34-17-9-4-3-5-10-17/h11-12,15,17H,3-10,13-14H2,1-2H3. The number of aryl methyl sites for hydroxylation is 1. The van der Waals surface area contributed by atoms with Crippen LogP contribution in [-0.2, 0) is 24.6 Å². The van der Waals surface area contributed by atoms with E-state index in [0.717, 1.165) is 51.0 Å². The van der Waals surface area contributed by atoms with Gasteiger partial charge in [-0.15, -0.1) is 5.10 Å². The molecule has 2 aromatic rings. The summed E-state index contributed by atoms with van der Waals surface area (Å²) in [6, 6.07) is 0.975. The Hall–Kier alpha value is -2.85. The van der Waals surface area contributed by atoms with Crippen LogP contribution >= 0.6 is 0 Å². The summed E-state index contributed by atoms with van der Waals surface area (Å²) < 4.78 is 54.0. The number of carbonyl (C=O) groups excluding carboxylic acids is 1. The van der Waals surface area contributed by atoms with Gasteiger partial charge in [-0.1, -0.05) is 18.1 Å².